The number of carbonyl (C=O) groups is 1. The molecule has 0 aromatic carbocycles. The maximum Gasteiger partial charge on any atom is 0.239 e. The maximum absolute atomic E-state index is 11.6. The number of amides is 1. The minimum atomic E-state index is -2.90. The second kappa shape index (κ2) is 4.27. The van der Waals surface area contributed by atoms with Crippen molar-refractivity contribution in [2.24, 2.45) is 0 Å². The van der Waals surface area contributed by atoms with Gasteiger partial charge in [0, 0.05) is 13.1 Å². The van der Waals surface area contributed by atoms with Crippen LogP contribution in [0.1, 0.15) is 6.92 Å². The summed E-state index contributed by atoms with van der Waals surface area (Å²) in [6.07, 6.45) is 0. The Hall–Kier alpha value is -0.620. The van der Waals surface area contributed by atoms with Gasteiger partial charge in [0.1, 0.15) is 0 Å². The van der Waals surface area contributed by atoms with E-state index >= 15 is 0 Å². The Morgan fingerprint density at radius 1 is 1.36 bits per heavy atom. The number of hydrogen-bond donors (Lipinski definition) is 1. The third kappa shape index (κ3) is 2.68. The Morgan fingerprint density at radius 2 is 1.86 bits per heavy atom. The molecule has 1 heterocycles. The lowest BCUT2D eigenvalue weighted by Gasteiger charge is -2.28. The third-order valence-electron chi connectivity index (χ3n) is 2.46. The molecule has 82 valence electrons. The van der Waals surface area contributed by atoms with Crippen LogP contribution in [0, 0.1) is 0 Å². The molecule has 14 heavy (non-hydrogen) atoms. The normalized spacial score (nSPS) is 23.1. The molecule has 0 bridgehead atoms. The van der Waals surface area contributed by atoms with Crippen molar-refractivity contribution in [1.29, 1.82) is 0 Å². The number of carbonyl (C=O) groups excluding carboxylic acids is 1. The Labute approximate surface area is 84.4 Å². The Morgan fingerprint density at radius 3 is 2.29 bits per heavy atom. The topological polar surface area (TPSA) is 66.5 Å². The van der Waals surface area contributed by atoms with Gasteiger partial charge in [0.2, 0.25) is 5.91 Å². The van der Waals surface area contributed by atoms with Crippen LogP contribution in [0.5, 0.6) is 0 Å². The van der Waals surface area contributed by atoms with Crippen molar-refractivity contribution in [3.05, 3.63) is 0 Å². The summed E-state index contributed by atoms with van der Waals surface area (Å²) < 4.78 is 22.2. The lowest BCUT2D eigenvalue weighted by atomic mass is 10.3. The van der Waals surface area contributed by atoms with Crippen LogP contribution >= 0.6 is 0 Å². The van der Waals surface area contributed by atoms with E-state index < -0.39 is 9.84 Å². The third-order valence-corrected chi connectivity index (χ3v) is 4.07. The summed E-state index contributed by atoms with van der Waals surface area (Å²) in [5.74, 6) is 0.159. The molecule has 1 aliphatic rings. The van der Waals surface area contributed by atoms with Gasteiger partial charge in [0.15, 0.2) is 9.84 Å². The van der Waals surface area contributed by atoms with Gasteiger partial charge in [0.25, 0.3) is 0 Å². The van der Waals surface area contributed by atoms with Crippen LogP contribution in [-0.4, -0.2) is 56.9 Å². The van der Waals surface area contributed by atoms with Crippen molar-refractivity contribution in [2.45, 2.75) is 13.0 Å². The first-order valence-corrected chi connectivity index (χ1v) is 6.45. The molecule has 0 saturated carbocycles. The van der Waals surface area contributed by atoms with Gasteiger partial charge in [-0.25, -0.2) is 8.42 Å². The van der Waals surface area contributed by atoms with Crippen molar-refractivity contribution >= 4 is 15.7 Å². The van der Waals surface area contributed by atoms with Crippen LogP contribution < -0.4 is 5.32 Å². The average molecular weight is 220 g/mol. The molecule has 1 atom stereocenters. The van der Waals surface area contributed by atoms with E-state index in [0.717, 1.165) is 0 Å². The van der Waals surface area contributed by atoms with E-state index in [2.05, 4.69) is 5.32 Å². The highest BCUT2D eigenvalue weighted by Crippen LogP contribution is 2.05. The number of hydrogen-bond acceptors (Lipinski definition) is 4. The van der Waals surface area contributed by atoms with Crippen molar-refractivity contribution < 1.29 is 13.2 Å². The van der Waals surface area contributed by atoms with Crippen molar-refractivity contribution in [1.82, 2.24) is 10.2 Å². The monoisotopic (exact) mass is 220 g/mol. The van der Waals surface area contributed by atoms with E-state index in [1.165, 1.54) is 0 Å². The number of nitrogens with one attached hydrogen (secondary N) is 1. The number of likely N-dealkylation sites (N-methyl/N-ethyl adjacent to an activating group) is 1. The molecule has 1 unspecified atom stereocenters. The Kier molecular flexibility index (Phi) is 3.49. The second-order valence-corrected chi connectivity index (χ2v) is 5.79. The summed E-state index contributed by atoms with van der Waals surface area (Å²) in [7, 11) is -1.18. The minimum Gasteiger partial charge on any atom is -0.339 e. The quantitative estimate of drug-likeness (QED) is 0.638. The summed E-state index contributed by atoms with van der Waals surface area (Å²) >= 11 is 0. The molecule has 1 fully saturated rings. The molecule has 1 rings (SSSR count). The fourth-order valence-corrected chi connectivity index (χ4v) is 2.53. The first-order valence-electron chi connectivity index (χ1n) is 4.63. The van der Waals surface area contributed by atoms with Crippen LogP contribution in [0.4, 0.5) is 0 Å². The zero-order chi connectivity index (χ0) is 10.8. The molecule has 0 spiro atoms. The van der Waals surface area contributed by atoms with Gasteiger partial charge in [-0.2, -0.15) is 0 Å². The molecule has 1 saturated heterocycles. The molecule has 6 heteroatoms. The first kappa shape index (κ1) is 11.5. The molecule has 0 aromatic heterocycles. The molecule has 1 aliphatic heterocycles. The van der Waals surface area contributed by atoms with Gasteiger partial charge in [0.05, 0.1) is 17.5 Å². The molecule has 1 amide bonds. The highest BCUT2D eigenvalue weighted by atomic mass is 32.2. The van der Waals surface area contributed by atoms with E-state index in [9.17, 15) is 13.2 Å². The SMILES string of the molecule is CNC(C)C(=O)N1CCS(=O)(=O)CC1. The van der Waals surface area contributed by atoms with E-state index in [0.29, 0.717) is 13.1 Å². The largest absolute Gasteiger partial charge is 0.339 e. The summed E-state index contributed by atoms with van der Waals surface area (Å²) in [5, 5.41) is 2.84. The molecule has 0 aromatic rings. The lowest BCUT2D eigenvalue weighted by molar-refractivity contribution is -0.132. The first-order chi connectivity index (χ1) is 6.46. The van der Waals surface area contributed by atoms with Gasteiger partial charge < -0.3 is 10.2 Å². The summed E-state index contributed by atoms with van der Waals surface area (Å²) in [6, 6.07) is -0.240. The van der Waals surface area contributed by atoms with E-state index in [1.54, 1.807) is 18.9 Å². The average Bonchev–Trinajstić information content (AvgIpc) is 2.15. The van der Waals surface area contributed by atoms with Crippen LogP contribution in [0.2, 0.25) is 0 Å². The van der Waals surface area contributed by atoms with Gasteiger partial charge in [-0.3, -0.25) is 4.79 Å². The molecule has 0 radical (unpaired) electrons. The number of sulfone groups is 1. The van der Waals surface area contributed by atoms with Gasteiger partial charge in [-0.1, -0.05) is 0 Å². The molecule has 0 aliphatic carbocycles. The van der Waals surface area contributed by atoms with Crippen LogP contribution in [0.15, 0.2) is 0 Å². The number of rotatable bonds is 2. The van der Waals surface area contributed by atoms with Crippen molar-refractivity contribution in [2.75, 3.05) is 31.6 Å². The standard InChI is InChI=1S/C8H16N2O3S/c1-7(9-2)8(11)10-3-5-14(12,13)6-4-10/h7,9H,3-6H2,1-2H3. The van der Waals surface area contributed by atoms with Gasteiger partial charge >= 0.3 is 0 Å². The van der Waals surface area contributed by atoms with E-state index in [4.69, 9.17) is 0 Å². The predicted molar refractivity (Wildman–Crippen MR) is 53.8 cm³/mol. The van der Waals surface area contributed by atoms with Crippen molar-refractivity contribution in [3.63, 3.8) is 0 Å². The zero-order valence-electron chi connectivity index (χ0n) is 8.49. The summed E-state index contributed by atoms with van der Waals surface area (Å²) in [6.45, 7) is 2.42. The highest BCUT2D eigenvalue weighted by molar-refractivity contribution is 7.91. The zero-order valence-corrected chi connectivity index (χ0v) is 9.30. The molecule has 5 nitrogen and oxygen atoms in total. The Balaban J connectivity index is 2.54. The smallest absolute Gasteiger partial charge is 0.239 e. The van der Waals surface area contributed by atoms with Gasteiger partial charge in [-0.05, 0) is 14.0 Å². The molecular weight excluding hydrogens is 204 g/mol. The van der Waals surface area contributed by atoms with Crippen LogP contribution in [0.3, 0.4) is 0 Å². The molecule has 1 N–H and O–H groups in total. The fraction of sp³-hybridized carbons (Fsp3) is 0.875. The van der Waals surface area contributed by atoms with E-state index in [-0.39, 0.29) is 23.5 Å². The van der Waals surface area contributed by atoms with Crippen molar-refractivity contribution in [3.8, 4) is 0 Å². The minimum absolute atomic E-state index is 0.0256. The summed E-state index contributed by atoms with van der Waals surface area (Å²) in [5.41, 5.74) is 0. The van der Waals surface area contributed by atoms with Crippen LogP contribution in [-0.2, 0) is 14.6 Å². The maximum atomic E-state index is 11.6. The summed E-state index contributed by atoms with van der Waals surface area (Å²) in [4.78, 5) is 13.2. The van der Waals surface area contributed by atoms with E-state index in [1.807, 2.05) is 0 Å². The van der Waals surface area contributed by atoms with Crippen LogP contribution in [0.25, 0.3) is 0 Å². The fourth-order valence-electron chi connectivity index (χ4n) is 1.33. The second-order valence-electron chi connectivity index (χ2n) is 3.49. The Bertz CT molecular complexity index is 299. The highest BCUT2D eigenvalue weighted by Gasteiger charge is 2.26. The van der Waals surface area contributed by atoms with Gasteiger partial charge in [-0.15, -0.1) is 0 Å². The predicted octanol–water partition coefficient (Wildman–Crippen LogP) is -1.15. The molecular formula is C8H16N2O3S. The number of nitrogens with zero attached hydrogens (tertiary/aromatic N) is 1. The lowest BCUT2D eigenvalue weighted by Crippen LogP contribution is -2.49.